The molecule has 1 N–H and O–H groups in total. The number of likely N-dealkylation sites (N-methyl/N-ethyl adjacent to an activating group) is 1. The van der Waals surface area contributed by atoms with Gasteiger partial charge in [0.1, 0.15) is 19.3 Å². The Morgan fingerprint density at radius 2 is 0.807 bits per heavy atom. The minimum Gasteiger partial charge on any atom is -0.457 e. The van der Waals surface area contributed by atoms with E-state index in [9.17, 15) is 14.3 Å². The van der Waals surface area contributed by atoms with E-state index in [0.717, 1.165) is 32.1 Å². The molecule has 2 atom stereocenters. The Balaban J connectivity index is 4.09. The zero-order chi connectivity index (χ0) is 42.0. The van der Waals surface area contributed by atoms with Crippen molar-refractivity contribution in [1.29, 1.82) is 0 Å². The number of quaternary nitrogens is 1. The van der Waals surface area contributed by atoms with Crippen LogP contribution in [0.3, 0.4) is 0 Å². The molecule has 0 aromatic carbocycles. The fraction of sp³-hybridized carbons (Fsp3) is 0.979. The van der Waals surface area contributed by atoms with Gasteiger partial charge >= 0.3 is 13.8 Å². The third-order valence-corrected chi connectivity index (χ3v) is 12.2. The van der Waals surface area contributed by atoms with E-state index in [1.165, 1.54) is 193 Å². The van der Waals surface area contributed by atoms with E-state index in [0.29, 0.717) is 24.1 Å². The number of carbonyl (C=O) groups excluding carboxylic acids is 1. The van der Waals surface area contributed by atoms with Crippen molar-refractivity contribution in [2.75, 3.05) is 54.1 Å². The van der Waals surface area contributed by atoms with Gasteiger partial charge in [0.05, 0.1) is 34.4 Å². The van der Waals surface area contributed by atoms with Crippen molar-refractivity contribution in [2.24, 2.45) is 0 Å². The van der Waals surface area contributed by atoms with Crippen LogP contribution in [-0.2, 0) is 27.9 Å². The van der Waals surface area contributed by atoms with Gasteiger partial charge < -0.3 is 18.9 Å². The monoisotopic (exact) mass is 833 g/mol. The van der Waals surface area contributed by atoms with Gasteiger partial charge in [-0.1, -0.05) is 226 Å². The summed E-state index contributed by atoms with van der Waals surface area (Å²) < 4.78 is 35.1. The lowest BCUT2D eigenvalue weighted by Crippen LogP contribution is -2.37. The molecule has 342 valence electrons. The van der Waals surface area contributed by atoms with Gasteiger partial charge in [-0.25, -0.2) is 4.57 Å². The summed E-state index contributed by atoms with van der Waals surface area (Å²) in [6.45, 7) is 5.70. The first-order chi connectivity index (χ1) is 27.6. The maximum Gasteiger partial charge on any atom is 0.472 e. The summed E-state index contributed by atoms with van der Waals surface area (Å²) in [5.74, 6) is -0.306. The number of phosphoric ester groups is 1. The topological polar surface area (TPSA) is 91.3 Å². The predicted molar refractivity (Wildman–Crippen MR) is 243 cm³/mol. The third-order valence-electron chi connectivity index (χ3n) is 11.2. The van der Waals surface area contributed by atoms with Crippen LogP contribution in [0.2, 0.25) is 0 Å². The van der Waals surface area contributed by atoms with Gasteiger partial charge in [-0.05, 0) is 12.8 Å². The van der Waals surface area contributed by atoms with Crippen molar-refractivity contribution in [3.05, 3.63) is 0 Å². The van der Waals surface area contributed by atoms with Gasteiger partial charge in [-0.3, -0.25) is 13.8 Å². The largest absolute Gasteiger partial charge is 0.472 e. The standard InChI is InChI=1S/C48H98NO7P/c1-6-8-10-12-14-16-18-20-22-23-24-25-26-28-30-32-34-36-38-40-43-53-45-47(46-55-57(51,52)54-44-42-49(3,4)5)56-48(50)41-39-37-35-33-31-29-27-21-19-17-15-13-11-9-7-2/h47H,6-46H2,1-5H3/p+1/t47-/m1/s1. The summed E-state index contributed by atoms with van der Waals surface area (Å²) in [5.41, 5.74) is 0. The predicted octanol–water partition coefficient (Wildman–Crippen LogP) is 14.8. The van der Waals surface area contributed by atoms with Crippen LogP contribution in [0, 0.1) is 0 Å². The molecule has 0 saturated heterocycles. The highest BCUT2D eigenvalue weighted by molar-refractivity contribution is 7.47. The first kappa shape index (κ1) is 56.5. The van der Waals surface area contributed by atoms with E-state index in [2.05, 4.69) is 13.8 Å². The Morgan fingerprint density at radius 3 is 1.16 bits per heavy atom. The highest BCUT2D eigenvalue weighted by Crippen LogP contribution is 2.43. The summed E-state index contributed by atoms with van der Waals surface area (Å²) in [7, 11) is 1.69. The molecule has 0 saturated carbocycles. The number of carbonyl (C=O) groups is 1. The SMILES string of the molecule is CCCCCCCCCCCCCCCCCCCCCCOC[C@H](COP(=O)(O)OCC[N+](C)(C)C)OC(=O)CCCCCCCCCCCCCCCCC. The normalized spacial score (nSPS) is 13.6. The van der Waals surface area contributed by atoms with Crippen molar-refractivity contribution < 1.29 is 37.3 Å². The van der Waals surface area contributed by atoms with Crippen LogP contribution >= 0.6 is 7.82 Å². The Bertz CT molecular complexity index is 883. The van der Waals surface area contributed by atoms with Crippen LogP contribution in [0.15, 0.2) is 0 Å². The van der Waals surface area contributed by atoms with Gasteiger partial charge in [0, 0.05) is 13.0 Å². The van der Waals surface area contributed by atoms with Crippen LogP contribution in [0.1, 0.15) is 245 Å². The Hall–Kier alpha value is -0.500. The minimum absolute atomic E-state index is 0.0941. The molecular weight excluding hydrogens is 734 g/mol. The number of ether oxygens (including phenoxy) is 2. The van der Waals surface area contributed by atoms with Crippen LogP contribution in [0.4, 0.5) is 0 Å². The smallest absolute Gasteiger partial charge is 0.457 e. The fourth-order valence-electron chi connectivity index (χ4n) is 7.32. The van der Waals surface area contributed by atoms with Gasteiger partial charge in [0.2, 0.25) is 0 Å². The van der Waals surface area contributed by atoms with E-state index >= 15 is 0 Å². The Morgan fingerprint density at radius 1 is 0.474 bits per heavy atom. The minimum atomic E-state index is -4.27. The Labute approximate surface area is 355 Å². The maximum atomic E-state index is 12.7. The molecule has 0 aromatic heterocycles. The fourth-order valence-corrected chi connectivity index (χ4v) is 8.06. The van der Waals surface area contributed by atoms with E-state index in [4.69, 9.17) is 18.5 Å². The molecule has 0 amide bonds. The molecule has 0 aliphatic rings. The van der Waals surface area contributed by atoms with Gasteiger partial charge in [0.15, 0.2) is 0 Å². The molecule has 0 radical (unpaired) electrons. The quantitative estimate of drug-likeness (QED) is 0.0283. The van der Waals surface area contributed by atoms with E-state index in [1.54, 1.807) is 0 Å². The second kappa shape index (κ2) is 42.2. The van der Waals surface area contributed by atoms with E-state index < -0.39 is 13.9 Å². The highest BCUT2D eigenvalue weighted by Gasteiger charge is 2.26. The third kappa shape index (κ3) is 46.4. The molecule has 0 bridgehead atoms. The summed E-state index contributed by atoms with van der Waals surface area (Å²) >= 11 is 0. The molecule has 1 unspecified atom stereocenters. The van der Waals surface area contributed by atoms with Crippen LogP contribution < -0.4 is 0 Å². The first-order valence-electron chi connectivity index (χ1n) is 24.8. The molecule has 0 heterocycles. The number of phosphoric acid groups is 1. The van der Waals surface area contributed by atoms with Crippen molar-refractivity contribution in [1.82, 2.24) is 0 Å². The van der Waals surface area contributed by atoms with E-state index in [1.807, 2.05) is 21.1 Å². The second-order valence-corrected chi connectivity index (χ2v) is 19.7. The van der Waals surface area contributed by atoms with Gasteiger partial charge in [-0.15, -0.1) is 0 Å². The first-order valence-corrected chi connectivity index (χ1v) is 26.3. The maximum absolute atomic E-state index is 12.7. The number of nitrogens with zero attached hydrogens (tertiary/aromatic N) is 1. The van der Waals surface area contributed by atoms with Crippen LogP contribution in [0.5, 0.6) is 0 Å². The molecule has 8 nitrogen and oxygen atoms in total. The average molecular weight is 833 g/mol. The lowest BCUT2D eigenvalue weighted by Gasteiger charge is -2.24. The zero-order valence-electron chi connectivity index (χ0n) is 38.9. The molecular formula is C48H99NO7P+. The molecule has 0 aliphatic heterocycles. The lowest BCUT2D eigenvalue weighted by molar-refractivity contribution is -0.870. The zero-order valence-corrected chi connectivity index (χ0v) is 39.8. The number of rotatable bonds is 47. The molecule has 0 rings (SSSR count). The summed E-state index contributed by atoms with van der Waals surface area (Å²) in [5, 5.41) is 0. The van der Waals surface area contributed by atoms with Gasteiger partial charge in [-0.2, -0.15) is 0 Å². The molecule has 0 fully saturated rings. The average Bonchev–Trinajstić information content (AvgIpc) is 3.16. The number of unbranched alkanes of at least 4 members (excludes halogenated alkanes) is 33. The van der Waals surface area contributed by atoms with E-state index in [-0.39, 0.29) is 25.8 Å². The molecule has 0 aliphatic carbocycles. The number of esters is 1. The number of hydrogen-bond acceptors (Lipinski definition) is 6. The molecule has 0 aromatic rings. The Kier molecular flexibility index (Phi) is 41.8. The lowest BCUT2D eigenvalue weighted by atomic mass is 10.0. The van der Waals surface area contributed by atoms with Gasteiger partial charge in [0.25, 0.3) is 0 Å². The molecule has 9 heteroatoms. The summed E-state index contributed by atoms with van der Waals surface area (Å²) in [4.78, 5) is 22.9. The highest BCUT2D eigenvalue weighted by atomic mass is 31.2. The van der Waals surface area contributed by atoms with Crippen molar-refractivity contribution in [2.45, 2.75) is 251 Å². The summed E-state index contributed by atoms with van der Waals surface area (Å²) in [6, 6.07) is 0. The molecule has 0 spiro atoms. The number of hydrogen-bond donors (Lipinski definition) is 1. The molecule has 57 heavy (non-hydrogen) atoms. The van der Waals surface area contributed by atoms with Crippen LogP contribution in [0.25, 0.3) is 0 Å². The van der Waals surface area contributed by atoms with Crippen LogP contribution in [-0.4, -0.2) is 75.6 Å². The van der Waals surface area contributed by atoms with Crippen molar-refractivity contribution >= 4 is 13.8 Å². The summed E-state index contributed by atoms with van der Waals surface area (Å²) in [6.07, 6.45) is 45.7. The van der Waals surface area contributed by atoms with Crippen molar-refractivity contribution in [3.8, 4) is 0 Å². The second-order valence-electron chi connectivity index (χ2n) is 18.2. The van der Waals surface area contributed by atoms with Crippen molar-refractivity contribution in [3.63, 3.8) is 0 Å².